The van der Waals surface area contributed by atoms with Gasteiger partial charge in [-0.1, -0.05) is 13.0 Å². The third-order valence-corrected chi connectivity index (χ3v) is 10.3. The van der Waals surface area contributed by atoms with Crippen molar-refractivity contribution >= 4 is 22.2 Å². The number of rotatable bonds is 3. The zero-order valence-electron chi connectivity index (χ0n) is 15.0. The average molecular weight is 387 g/mol. The van der Waals surface area contributed by atoms with Gasteiger partial charge >= 0.3 is 0 Å². The second kappa shape index (κ2) is 4.96. The molecule has 0 aromatic heterocycles. The van der Waals surface area contributed by atoms with Crippen molar-refractivity contribution in [2.45, 2.75) is 68.2 Å². The summed E-state index contributed by atoms with van der Waals surface area (Å²) < 4.78 is 30.9. The number of hydrogen-bond acceptors (Lipinski definition) is 4. The van der Waals surface area contributed by atoms with E-state index in [1.165, 1.54) is 11.1 Å². The van der Waals surface area contributed by atoms with Gasteiger partial charge in [-0.05, 0) is 68.7 Å². The van der Waals surface area contributed by atoms with Crippen molar-refractivity contribution in [3.05, 3.63) is 23.3 Å². The Bertz CT molecular complexity index is 848. The van der Waals surface area contributed by atoms with Gasteiger partial charge in [0.1, 0.15) is 11.9 Å². The first-order valence-electron chi connectivity index (χ1n) is 9.91. The molecule has 4 bridgehead atoms. The molecule has 1 aromatic carbocycles. The molecule has 6 heteroatoms. The molecule has 26 heavy (non-hydrogen) atoms. The molecule has 3 saturated carbocycles. The van der Waals surface area contributed by atoms with E-state index in [2.05, 4.69) is 17.9 Å². The molecular formula is C20H23NO3P2. The van der Waals surface area contributed by atoms with Gasteiger partial charge in [-0.2, -0.15) is 0 Å². The lowest BCUT2D eigenvalue weighted by molar-refractivity contribution is -0.169. The molecule has 4 aliphatic carbocycles. The highest BCUT2D eigenvalue weighted by Crippen LogP contribution is 2.76. The Morgan fingerprint density at radius 1 is 1.19 bits per heavy atom. The number of benzene rings is 1. The van der Waals surface area contributed by atoms with Crippen LogP contribution in [0.15, 0.2) is 12.1 Å². The molecule has 136 valence electrons. The Kier molecular flexibility index (Phi) is 3.08. The maximum atomic E-state index is 12.4. The predicted molar refractivity (Wildman–Crippen MR) is 100 cm³/mol. The van der Waals surface area contributed by atoms with Crippen molar-refractivity contribution < 1.29 is 13.9 Å². The van der Waals surface area contributed by atoms with Crippen LogP contribution in [0.2, 0.25) is 0 Å². The van der Waals surface area contributed by atoms with Crippen LogP contribution in [0.5, 0.6) is 5.75 Å². The van der Waals surface area contributed by atoms with Gasteiger partial charge in [-0.15, -0.1) is 0 Å². The standard InChI is InChI=1S/C20H23NO3P2/c1-2-21-10-9-20-15-12-3-4-13(25-22)16(15)24-17(20)19(26-23)7-5-18(20,6-8-19)14(21)11-12/h3-4,14,17H,2,5-11H2,1H3/t14-,17+,18?,19?,20+/m1/s1. The van der Waals surface area contributed by atoms with Crippen molar-refractivity contribution in [3.63, 3.8) is 0 Å². The minimum absolute atomic E-state index is 0.0184. The summed E-state index contributed by atoms with van der Waals surface area (Å²) in [6.45, 7) is 4.47. The summed E-state index contributed by atoms with van der Waals surface area (Å²) in [5.41, 5.74) is 2.94. The van der Waals surface area contributed by atoms with Gasteiger partial charge in [0, 0.05) is 17.0 Å². The lowest BCUT2D eigenvalue weighted by atomic mass is 9.37. The molecule has 1 aromatic rings. The van der Waals surface area contributed by atoms with E-state index in [1.807, 2.05) is 6.07 Å². The maximum Gasteiger partial charge on any atom is 0.196 e. The quantitative estimate of drug-likeness (QED) is 0.739. The zero-order valence-corrected chi connectivity index (χ0v) is 16.8. The van der Waals surface area contributed by atoms with E-state index in [9.17, 15) is 9.13 Å². The largest absolute Gasteiger partial charge is 0.487 e. The van der Waals surface area contributed by atoms with Crippen molar-refractivity contribution in [1.29, 1.82) is 0 Å². The molecule has 2 spiro atoms. The Hall–Kier alpha value is -0.820. The fourth-order valence-electron chi connectivity index (χ4n) is 7.74. The Morgan fingerprint density at radius 2 is 2.00 bits per heavy atom. The van der Waals surface area contributed by atoms with Crippen LogP contribution >= 0.6 is 16.9 Å². The molecule has 0 N–H and O–H groups in total. The van der Waals surface area contributed by atoms with Crippen LogP contribution in [0.4, 0.5) is 0 Å². The number of likely N-dealkylation sites (N-methyl/N-ethyl adjacent to an activating group) is 1. The zero-order chi connectivity index (χ0) is 17.7. The number of fused-ring (bicyclic) bond motifs is 2. The predicted octanol–water partition coefficient (Wildman–Crippen LogP) is 3.86. The Labute approximate surface area is 157 Å². The fraction of sp³-hybridized carbons (Fsp3) is 0.700. The van der Waals surface area contributed by atoms with Crippen molar-refractivity contribution in [2.24, 2.45) is 5.41 Å². The summed E-state index contributed by atoms with van der Waals surface area (Å²) >= 11 is 0. The van der Waals surface area contributed by atoms with Crippen LogP contribution in [-0.4, -0.2) is 35.3 Å². The van der Waals surface area contributed by atoms with Gasteiger partial charge in [-0.25, -0.2) is 0 Å². The summed E-state index contributed by atoms with van der Waals surface area (Å²) in [6.07, 6.45) is 6.43. The summed E-state index contributed by atoms with van der Waals surface area (Å²) in [7, 11) is 0.270. The first-order valence-corrected chi connectivity index (χ1v) is 11.5. The fourth-order valence-corrected chi connectivity index (χ4v) is 8.90. The lowest BCUT2D eigenvalue weighted by Gasteiger charge is -2.71. The smallest absolute Gasteiger partial charge is 0.196 e. The maximum absolute atomic E-state index is 12.4. The van der Waals surface area contributed by atoms with Gasteiger partial charge in [0.05, 0.1) is 10.5 Å². The first kappa shape index (κ1) is 16.2. The molecule has 0 unspecified atom stereocenters. The normalized spacial score (nSPS) is 45.0. The van der Waals surface area contributed by atoms with E-state index in [0.717, 1.165) is 62.7 Å². The minimum atomic E-state index is -0.259. The van der Waals surface area contributed by atoms with Crippen LogP contribution in [-0.2, 0) is 21.0 Å². The third-order valence-electron chi connectivity index (χ3n) is 8.71. The molecule has 4 nitrogen and oxygen atoms in total. The second-order valence-corrected chi connectivity index (χ2v) is 10.7. The van der Waals surface area contributed by atoms with E-state index < -0.39 is 0 Å². The monoisotopic (exact) mass is 387 g/mol. The van der Waals surface area contributed by atoms with Crippen molar-refractivity contribution in [2.75, 3.05) is 13.1 Å². The van der Waals surface area contributed by atoms with E-state index >= 15 is 0 Å². The molecule has 1 saturated heterocycles. The van der Waals surface area contributed by atoms with Crippen molar-refractivity contribution in [3.8, 4) is 5.75 Å². The van der Waals surface area contributed by atoms with Gasteiger partial charge < -0.3 is 4.74 Å². The Balaban J connectivity index is 1.70. The second-order valence-electron chi connectivity index (χ2n) is 8.96. The molecule has 0 radical (unpaired) electrons. The number of ether oxygens (including phenoxy) is 1. The molecule has 4 fully saturated rings. The van der Waals surface area contributed by atoms with E-state index in [-0.39, 0.29) is 39.0 Å². The number of likely N-dealkylation sites (tertiary alicyclic amines) is 1. The van der Waals surface area contributed by atoms with E-state index in [4.69, 9.17) is 4.74 Å². The molecule has 2 aliphatic heterocycles. The van der Waals surface area contributed by atoms with Gasteiger partial charge in [-0.3, -0.25) is 14.0 Å². The molecule has 2 heterocycles. The summed E-state index contributed by atoms with van der Waals surface area (Å²) in [5, 5.41) is 0.516. The highest BCUT2D eigenvalue weighted by molar-refractivity contribution is 7.34. The summed E-state index contributed by atoms with van der Waals surface area (Å²) in [4.78, 5) is 2.69. The lowest BCUT2D eigenvalue weighted by Crippen LogP contribution is -2.77. The molecule has 7 rings (SSSR count). The summed E-state index contributed by atoms with van der Waals surface area (Å²) in [5.74, 6) is 0.869. The van der Waals surface area contributed by atoms with Gasteiger partial charge in [0.2, 0.25) is 0 Å². The Morgan fingerprint density at radius 3 is 2.69 bits per heavy atom. The molecule has 6 aliphatic rings. The molecular weight excluding hydrogens is 364 g/mol. The number of hydrogen-bond donors (Lipinski definition) is 0. The van der Waals surface area contributed by atoms with Crippen LogP contribution in [0.25, 0.3) is 0 Å². The van der Waals surface area contributed by atoms with Gasteiger partial charge in [0.25, 0.3) is 0 Å². The molecule has 0 amide bonds. The van der Waals surface area contributed by atoms with Crippen LogP contribution < -0.4 is 10.0 Å². The highest BCUT2D eigenvalue weighted by atomic mass is 31.1. The third kappa shape index (κ3) is 1.47. The number of piperidine rings is 1. The first-order chi connectivity index (χ1) is 12.7. The van der Waals surface area contributed by atoms with Crippen molar-refractivity contribution in [1.82, 2.24) is 4.90 Å². The van der Waals surface area contributed by atoms with Crippen LogP contribution in [0.1, 0.15) is 50.2 Å². The summed E-state index contributed by atoms with van der Waals surface area (Å²) in [6, 6.07) is 4.72. The average Bonchev–Trinajstić information content (AvgIpc) is 3.05. The van der Waals surface area contributed by atoms with Gasteiger partial charge in [0.15, 0.2) is 16.9 Å². The number of nitrogens with zero attached hydrogens (tertiary/aromatic N) is 1. The van der Waals surface area contributed by atoms with E-state index in [0.29, 0.717) is 6.04 Å². The van der Waals surface area contributed by atoms with Crippen LogP contribution in [0, 0.1) is 5.41 Å². The topological polar surface area (TPSA) is 46.6 Å². The SMILES string of the molecule is CCN1CC[C@]23c4c5ccc(P=O)c4O[C@H]2C2(P=O)CCC3(CC2)[C@H]1C5. The highest BCUT2D eigenvalue weighted by Gasteiger charge is 2.78. The minimum Gasteiger partial charge on any atom is -0.487 e. The van der Waals surface area contributed by atoms with Crippen LogP contribution in [0.3, 0.4) is 0 Å². The van der Waals surface area contributed by atoms with E-state index in [1.54, 1.807) is 0 Å². The molecule has 3 atom stereocenters.